The number of unbranched alkanes of at least 4 members (excludes halogenated alkanes) is 15. The van der Waals surface area contributed by atoms with Crippen molar-refractivity contribution < 1.29 is 16.9 Å². The second-order valence-corrected chi connectivity index (χ2v) is 8.32. The number of quaternary nitrogens is 1. The fourth-order valence-electron chi connectivity index (χ4n) is 3.13. The van der Waals surface area contributed by atoms with Crippen molar-refractivity contribution in [3.8, 4) is 0 Å². The van der Waals surface area contributed by atoms with Crippen LogP contribution in [0.5, 0.6) is 0 Å². The molecule has 0 aromatic rings. The Balaban J connectivity index is -0.00000220. The van der Waals surface area contributed by atoms with Crippen LogP contribution in [0.4, 0.5) is 0 Å². The molecule has 0 saturated heterocycles. The van der Waals surface area contributed by atoms with Crippen molar-refractivity contribution in [1.82, 2.24) is 0 Å². The Bertz CT molecular complexity index is 216. The SMILES string of the molecule is CCCCCCCCCCCCCCCCCC[N+](C)(C)C.[Cl-].[Na]. The molecule has 143 valence electrons. The van der Waals surface area contributed by atoms with Crippen LogP contribution < -0.4 is 12.4 Å². The van der Waals surface area contributed by atoms with Crippen molar-refractivity contribution >= 4 is 29.6 Å². The monoisotopic (exact) mass is 370 g/mol. The van der Waals surface area contributed by atoms with E-state index in [0.717, 1.165) is 4.48 Å². The molecule has 0 unspecified atom stereocenters. The number of hydrogen-bond acceptors (Lipinski definition) is 0. The maximum absolute atomic E-state index is 2.30. The molecule has 0 spiro atoms. The molecule has 0 aromatic carbocycles. The van der Waals surface area contributed by atoms with E-state index in [0.29, 0.717) is 0 Å². The van der Waals surface area contributed by atoms with E-state index in [1.165, 1.54) is 109 Å². The van der Waals surface area contributed by atoms with Gasteiger partial charge in [0.05, 0.1) is 27.7 Å². The Kier molecular flexibility index (Phi) is 27.9. The number of nitrogens with zero attached hydrogens (tertiary/aromatic N) is 1. The van der Waals surface area contributed by atoms with Gasteiger partial charge in [0.2, 0.25) is 0 Å². The largest absolute Gasteiger partial charge is 1.00 e. The molecule has 0 heterocycles. The van der Waals surface area contributed by atoms with Crippen LogP contribution in [-0.4, -0.2) is 61.7 Å². The Morgan fingerprint density at radius 2 is 0.708 bits per heavy atom. The van der Waals surface area contributed by atoms with Gasteiger partial charge in [-0.05, 0) is 12.8 Å². The maximum Gasteiger partial charge on any atom is 0.0780 e. The molecule has 0 aliphatic carbocycles. The molecule has 0 aliphatic heterocycles. The van der Waals surface area contributed by atoms with Gasteiger partial charge in [-0.25, -0.2) is 0 Å². The summed E-state index contributed by atoms with van der Waals surface area (Å²) in [6.07, 6.45) is 23.4. The minimum atomic E-state index is 0. The van der Waals surface area contributed by atoms with Gasteiger partial charge in [-0.15, -0.1) is 0 Å². The van der Waals surface area contributed by atoms with E-state index in [4.69, 9.17) is 0 Å². The van der Waals surface area contributed by atoms with Crippen molar-refractivity contribution in [2.24, 2.45) is 0 Å². The van der Waals surface area contributed by atoms with Crippen molar-refractivity contribution in [2.45, 2.75) is 110 Å². The maximum atomic E-state index is 2.30. The molecular formula is C21H46ClNNa. The van der Waals surface area contributed by atoms with E-state index in [2.05, 4.69) is 28.1 Å². The minimum Gasteiger partial charge on any atom is -1.00 e. The third-order valence-electron chi connectivity index (χ3n) is 4.68. The van der Waals surface area contributed by atoms with Crippen molar-refractivity contribution in [3.05, 3.63) is 0 Å². The Labute approximate surface area is 183 Å². The molecule has 0 fully saturated rings. The minimum absolute atomic E-state index is 0. The molecule has 24 heavy (non-hydrogen) atoms. The summed E-state index contributed by atoms with van der Waals surface area (Å²) in [7, 11) is 6.89. The van der Waals surface area contributed by atoms with Gasteiger partial charge in [0.25, 0.3) is 0 Å². The summed E-state index contributed by atoms with van der Waals surface area (Å²) in [6, 6.07) is 0. The summed E-state index contributed by atoms with van der Waals surface area (Å²) in [6.45, 7) is 3.63. The zero-order valence-electron chi connectivity index (χ0n) is 17.8. The van der Waals surface area contributed by atoms with Crippen LogP contribution in [0.15, 0.2) is 0 Å². The number of rotatable bonds is 17. The normalized spacial score (nSPS) is 11.0. The van der Waals surface area contributed by atoms with Crippen molar-refractivity contribution in [1.29, 1.82) is 0 Å². The third kappa shape index (κ3) is 28.1. The molecule has 0 amide bonds. The summed E-state index contributed by atoms with van der Waals surface area (Å²) in [5.74, 6) is 0. The van der Waals surface area contributed by atoms with Crippen LogP contribution in [0.1, 0.15) is 110 Å². The molecule has 0 aromatic heterocycles. The Hall–Kier alpha value is 1.25. The van der Waals surface area contributed by atoms with E-state index < -0.39 is 0 Å². The average molecular weight is 371 g/mol. The average Bonchev–Trinajstić information content (AvgIpc) is 2.45. The van der Waals surface area contributed by atoms with Gasteiger partial charge < -0.3 is 16.9 Å². The predicted molar refractivity (Wildman–Crippen MR) is 108 cm³/mol. The molecule has 0 N–H and O–H groups in total. The molecule has 1 nitrogen and oxygen atoms in total. The summed E-state index contributed by atoms with van der Waals surface area (Å²) in [4.78, 5) is 0. The van der Waals surface area contributed by atoms with Crippen LogP contribution in [0.2, 0.25) is 0 Å². The Morgan fingerprint density at radius 1 is 0.458 bits per heavy atom. The van der Waals surface area contributed by atoms with Crippen LogP contribution in [0.25, 0.3) is 0 Å². The Morgan fingerprint density at radius 3 is 0.958 bits per heavy atom. The summed E-state index contributed by atoms with van der Waals surface area (Å²) in [5, 5.41) is 0. The summed E-state index contributed by atoms with van der Waals surface area (Å²) < 4.78 is 1.12. The van der Waals surface area contributed by atoms with Gasteiger partial charge >= 0.3 is 0 Å². The molecular weight excluding hydrogens is 325 g/mol. The standard InChI is InChI=1S/C21H46N.ClH.Na/c1-5-6-7-8-9-10-11-12-13-14-15-16-17-18-19-20-21-22(2,3)4;;/h5-21H2,1-4H3;1H;/q+1;;/p-1. The predicted octanol–water partition coefficient (Wildman–Crippen LogP) is 3.58. The fraction of sp³-hybridized carbons (Fsp3) is 1.00. The topological polar surface area (TPSA) is 0 Å². The first kappa shape index (κ1) is 30.0. The van der Waals surface area contributed by atoms with Gasteiger partial charge in [0, 0.05) is 29.6 Å². The van der Waals surface area contributed by atoms with Gasteiger partial charge in [0.1, 0.15) is 0 Å². The van der Waals surface area contributed by atoms with Gasteiger partial charge in [-0.3, -0.25) is 0 Å². The van der Waals surface area contributed by atoms with Crippen molar-refractivity contribution in [3.63, 3.8) is 0 Å². The van der Waals surface area contributed by atoms with Crippen molar-refractivity contribution in [2.75, 3.05) is 27.7 Å². The smallest absolute Gasteiger partial charge is 0.0780 e. The van der Waals surface area contributed by atoms with E-state index in [9.17, 15) is 0 Å². The summed E-state index contributed by atoms with van der Waals surface area (Å²) >= 11 is 0. The van der Waals surface area contributed by atoms with Crippen LogP contribution in [-0.2, 0) is 0 Å². The van der Waals surface area contributed by atoms with E-state index in [1.54, 1.807) is 0 Å². The molecule has 0 bridgehead atoms. The molecule has 0 atom stereocenters. The second kappa shape index (κ2) is 22.3. The number of halogens is 1. The quantitative estimate of drug-likeness (QED) is 0.208. The molecule has 3 heteroatoms. The van der Waals surface area contributed by atoms with Gasteiger partial charge in [-0.2, -0.15) is 0 Å². The first-order valence-electron chi connectivity index (χ1n) is 10.4. The van der Waals surface area contributed by atoms with E-state index >= 15 is 0 Å². The molecule has 0 aliphatic rings. The number of hydrogen-bond donors (Lipinski definition) is 0. The molecule has 0 saturated carbocycles. The first-order valence-corrected chi connectivity index (χ1v) is 10.4. The first-order chi connectivity index (χ1) is 10.6. The van der Waals surface area contributed by atoms with Crippen LogP contribution >= 0.6 is 0 Å². The van der Waals surface area contributed by atoms with Crippen LogP contribution in [0.3, 0.4) is 0 Å². The van der Waals surface area contributed by atoms with E-state index in [1.807, 2.05) is 0 Å². The zero-order chi connectivity index (χ0) is 16.5. The summed E-state index contributed by atoms with van der Waals surface area (Å²) in [5.41, 5.74) is 0. The van der Waals surface area contributed by atoms with Gasteiger partial charge in [0.15, 0.2) is 0 Å². The van der Waals surface area contributed by atoms with Crippen LogP contribution in [0, 0.1) is 0 Å². The third-order valence-corrected chi connectivity index (χ3v) is 4.68. The second-order valence-electron chi connectivity index (χ2n) is 8.32. The zero-order valence-corrected chi connectivity index (χ0v) is 20.6. The molecule has 1 radical (unpaired) electrons. The van der Waals surface area contributed by atoms with Gasteiger partial charge in [-0.1, -0.05) is 96.8 Å². The molecule has 0 rings (SSSR count). The van der Waals surface area contributed by atoms with E-state index in [-0.39, 0.29) is 42.0 Å². The fourth-order valence-corrected chi connectivity index (χ4v) is 3.13.